The van der Waals surface area contributed by atoms with Crippen molar-refractivity contribution < 1.29 is 0 Å². The van der Waals surface area contributed by atoms with Gasteiger partial charge in [0.25, 0.3) is 0 Å². The summed E-state index contributed by atoms with van der Waals surface area (Å²) in [5.74, 6) is 5.90. The van der Waals surface area contributed by atoms with Crippen molar-refractivity contribution in [1.82, 2.24) is 10.3 Å². The first-order valence-electron chi connectivity index (χ1n) is 4.90. The summed E-state index contributed by atoms with van der Waals surface area (Å²) in [7, 11) is 0. The van der Waals surface area contributed by atoms with Gasteiger partial charge in [-0.05, 0) is 13.3 Å². The van der Waals surface area contributed by atoms with Gasteiger partial charge in [-0.1, -0.05) is 6.92 Å². The highest BCUT2D eigenvalue weighted by Gasteiger charge is 1.98. The van der Waals surface area contributed by atoms with E-state index in [4.69, 9.17) is 0 Å². The third-order valence-corrected chi connectivity index (χ3v) is 2.85. The smallest absolute Gasteiger partial charge is 0.0926 e. The van der Waals surface area contributed by atoms with Crippen LogP contribution < -0.4 is 5.32 Å². The Morgan fingerprint density at radius 2 is 2.43 bits per heavy atom. The molecule has 0 aromatic carbocycles. The number of nitrogens with one attached hydrogen (secondary N) is 1. The first kappa shape index (κ1) is 11.2. The molecule has 0 spiro atoms. The second-order valence-electron chi connectivity index (χ2n) is 2.94. The summed E-state index contributed by atoms with van der Waals surface area (Å²) in [6.45, 7) is 5.81. The molecule has 0 bridgehead atoms. The molecule has 0 aliphatic heterocycles. The first-order valence-corrected chi connectivity index (χ1v) is 5.78. The van der Waals surface area contributed by atoms with Gasteiger partial charge in [0.2, 0.25) is 0 Å². The van der Waals surface area contributed by atoms with E-state index in [9.17, 15) is 0 Å². The van der Waals surface area contributed by atoms with Gasteiger partial charge in [-0.15, -0.1) is 23.2 Å². The molecule has 0 fully saturated rings. The number of nitrogens with zero attached hydrogens (tertiary/aromatic N) is 1. The predicted molar refractivity (Wildman–Crippen MR) is 61.3 cm³/mol. The Morgan fingerprint density at radius 1 is 1.57 bits per heavy atom. The number of aryl methyl sites for hydroxylation is 1. The second-order valence-corrected chi connectivity index (χ2v) is 3.88. The van der Waals surface area contributed by atoms with Gasteiger partial charge in [0.15, 0.2) is 0 Å². The van der Waals surface area contributed by atoms with Crippen molar-refractivity contribution >= 4 is 11.3 Å². The molecule has 1 rings (SSSR count). The average Bonchev–Trinajstić information content (AvgIpc) is 2.65. The second kappa shape index (κ2) is 6.58. The topological polar surface area (TPSA) is 24.9 Å². The van der Waals surface area contributed by atoms with Crippen LogP contribution in [-0.2, 0) is 13.0 Å². The van der Waals surface area contributed by atoms with Gasteiger partial charge in [0.05, 0.1) is 10.7 Å². The summed E-state index contributed by atoms with van der Waals surface area (Å²) in [5.41, 5.74) is 1.15. The highest BCUT2D eigenvalue weighted by Crippen LogP contribution is 2.09. The van der Waals surface area contributed by atoms with Crippen LogP contribution in [0.15, 0.2) is 5.38 Å². The number of hydrogen-bond donors (Lipinski definition) is 1. The Morgan fingerprint density at radius 3 is 3.07 bits per heavy atom. The molecule has 0 saturated carbocycles. The van der Waals surface area contributed by atoms with Crippen molar-refractivity contribution in [3.63, 3.8) is 0 Å². The van der Waals surface area contributed by atoms with E-state index in [1.165, 1.54) is 5.01 Å². The molecule has 0 radical (unpaired) electrons. The molecular weight excluding hydrogens is 192 g/mol. The molecule has 1 heterocycles. The first-order chi connectivity index (χ1) is 6.86. The monoisotopic (exact) mass is 208 g/mol. The van der Waals surface area contributed by atoms with Crippen LogP contribution in [0.4, 0.5) is 0 Å². The zero-order chi connectivity index (χ0) is 10.2. The lowest BCUT2D eigenvalue weighted by Gasteiger charge is -1.97. The maximum atomic E-state index is 4.47. The van der Waals surface area contributed by atoms with Crippen molar-refractivity contribution in [3.8, 4) is 11.8 Å². The van der Waals surface area contributed by atoms with Gasteiger partial charge in [0.1, 0.15) is 0 Å². The van der Waals surface area contributed by atoms with Crippen LogP contribution in [0.1, 0.15) is 31.0 Å². The van der Waals surface area contributed by atoms with Crippen LogP contribution in [0.3, 0.4) is 0 Å². The maximum absolute atomic E-state index is 4.47. The fourth-order valence-corrected chi connectivity index (χ4v) is 1.83. The SMILES string of the molecule is CC#CCCNCc1csc(CC)n1. The summed E-state index contributed by atoms with van der Waals surface area (Å²) in [4.78, 5) is 4.47. The molecular formula is C11H16N2S. The van der Waals surface area contributed by atoms with E-state index in [1.807, 2.05) is 6.92 Å². The zero-order valence-electron chi connectivity index (χ0n) is 8.76. The van der Waals surface area contributed by atoms with Gasteiger partial charge < -0.3 is 5.32 Å². The summed E-state index contributed by atoms with van der Waals surface area (Å²) in [6, 6.07) is 0. The van der Waals surface area contributed by atoms with Gasteiger partial charge in [-0.3, -0.25) is 0 Å². The maximum Gasteiger partial charge on any atom is 0.0926 e. The van der Waals surface area contributed by atoms with Crippen molar-refractivity contribution in [3.05, 3.63) is 16.1 Å². The van der Waals surface area contributed by atoms with Crippen molar-refractivity contribution in [2.45, 2.75) is 33.2 Å². The minimum absolute atomic E-state index is 0.863. The van der Waals surface area contributed by atoms with Crippen molar-refractivity contribution in [1.29, 1.82) is 0 Å². The lowest BCUT2D eigenvalue weighted by molar-refractivity contribution is 0.689. The minimum atomic E-state index is 0.863. The molecule has 14 heavy (non-hydrogen) atoms. The third kappa shape index (κ3) is 3.91. The molecule has 1 aromatic rings. The van der Waals surface area contributed by atoms with Gasteiger partial charge >= 0.3 is 0 Å². The zero-order valence-corrected chi connectivity index (χ0v) is 9.58. The van der Waals surface area contributed by atoms with Crippen LogP contribution in [0.5, 0.6) is 0 Å². The van der Waals surface area contributed by atoms with E-state index in [2.05, 4.69) is 34.4 Å². The Labute approximate surface area is 89.8 Å². The molecule has 0 aliphatic rings. The van der Waals surface area contributed by atoms with Gasteiger partial charge in [-0.25, -0.2) is 4.98 Å². The molecule has 76 valence electrons. The van der Waals surface area contributed by atoms with E-state index < -0.39 is 0 Å². The average molecular weight is 208 g/mol. The van der Waals surface area contributed by atoms with E-state index in [-0.39, 0.29) is 0 Å². The fourth-order valence-electron chi connectivity index (χ4n) is 1.08. The Balaban J connectivity index is 2.20. The molecule has 3 heteroatoms. The number of thiazole rings is 1. The van der Waals surface area contributed by atoms with E-state index >= 15 is 0 Å². The van der Waals surface area contributed by atoms with Gasteiger partial charge in [-0.2, -0.15) is 0 Å². The predicted octanol–water partition coefficient (Wildman–Crippen LogP) is 2.21. The molecule has 1 aromatic heterocycles. The molecule has 0 unspecified atom stereocenters. The standard InChI is InChI=1S/C11H16N2S/c1-3-5-6-7-12-8-10-9-14-11(4-2)13-10/h9,12H,4,6-8H2,1-2H3. The van der Waals surface area contributed by atoms with Crippen LogP contribution >= 0.6 is 11.3 Å². The molecule has 1 N–H and O–H groups in total. The number of rotatable bonds is 5. The third-order valence-electron chi connectivity index (χ3n) is 1.81. The normalized spacial score (nSPS) is 9.57. The lowest BCUT2D eigenvalue weighted by Crippen LogP contribution is -2.14. The molecule has 0 aliphatic carbocycles. The van der Waals surface area contributed by atoms with Crippen molar-refractivity contribution in [2.75, 3.05) is 6.54 Å². The van der Waals surface area contributed by atoms with Crippen molar-refractivity contribution in [2.24, 2.45) is 0 Å². The number of hydrogen-bond acceptors (Lipinski definition) is 3. The minimum Gasteiger partial charge on any atom is -0.310 e. The van der Waals surface area contributed by atoms with Crippen LogP contribution in [0, 0.1) is 11.8 Å². The van der Waals surface area contributed by atoms with Crippen LogP contribution in [0.25, 0.3) is 0 Å². The largest absolute Gasteiger partial charge is 0.310 e. The summed E-state index contributed by atoms with van der Waals surface area (Å²) in [6.07, 6.45) is 1.95. The Kier molecular flexibility index (Phi) is 5.28. The summed E-state index contributed by atoms with van der Waals surface area (Å²) < 4.78 is 0. The molecule has 0 amide bonds. The van der Waals surface area contributed by atoms with E-state index in [1.54, 1.807) is 11.3 Å². The van der Waals surface area contributed by atoms with E-state index in [0.717, 1.165) is 31.6 Å². The highest BCUT2D eigenvalue weighted by atomic mass is 32.1. The summed E-state index contributed by atoms with van der Waals surface area (Å²) >= 11 is 1.74. The molecule has 0 atom stereocenters. The Bertz CT molecular complexity index is 320. The van der Waals surface area contributed by atoms with Crippen LogP contribution in [-0.4, -0.2) is 11.5 Å². The quantitative estimate of drug-likeness (QED) is 0.593. The van der Waals surface area contributed by atoms with E-state index in [0.29, 0.717) is 0 Å². The fraction of sp³-hybridized carbons (Fsp3) is 0.545. The van der Waals surface area contributed by atoms with Crippen LogP contribution in [0.2, 0.25) is 0 Å². The lowest BCUT2D eigenvalue weighted by atomic mass is 10.4. The summed E-state index contributed by atoms with van der Waals surface area (Å²) in [5, 5.41) is 6.66. The number of aromatic nitrogens is 1. The molecule has 0 saturated heterocycles. The van der Waals surface area contributed by atoms with Gasteiger partial charge in [0, 0.05) is 24.9 Å². The molecule has 2 nitrogen and oxygen atoms in total. The Hall–Kier alpha value is -0.850. The highest BCUT2D eigenvalue weighted by molar-refractivity contribution is 7.09.